The summed E-state index contributed by atoms with van der Waals surface area (Å²) in [7, 11) is 0. The van der Waals surface area contributed by atoms with E-state index >= 15 is 0 Å². The molecule has 126 valence electrons. The smallest absolute Gasteiger partial charge is 0.181 e. The van der Waals surface area contributed by atoms with Crippen molar-refractivity contribution in [1.29, 1.82) is 5.26 Å². The van der Waals surface area contributed by atoms with Gasteiger partial charge in [0.25, 0.3) is 0 Å². The predicted octanol–water partition coefficient (Wildman–Crippen LogP) is 4.75. The summed E-state index contributed by atoms with van der Waals surface area (Å²) in [5.74, 6) is 1.32. The van der Waals surface area contributed by atoms with Gasteiger partial charge in [0.15, 0.2) is 5.82 Å². The zero-order valence-corrected chi connectivity index (χ0v) is 14.7. The van der Waals surface area contributed by atoms with Crippen LogP contribution in [0.1, 0.15) is 6.42 Å². The molecule has 0 aliphatic heterocycles. The van der Waals surface area contributed by atoms with Gasteiger partial charge in [0.2, 0.25) is 0 Å². The lowest BCUT2D eigenvalue weighted by molar-refractivity contribution is 1.05. The van der Waals surface area contributed by atoms with Crippen molar-refractivity contribution in [2.24, 2.45) is 0 Å². The second kappa shape index (κ2) is 7.30. The van der Waals surface area contributed by atoms with Crippen molar-refractivity contribution in [3.63, 3.8) is 0 Å². The van der Waals surface area contributed by atoms with Crippen LogP contribution in [0.25, 0.3) is 32.9 Å². The fourth-order valence-corrected chi connectivity index (χ4v) is 3.69. The number of pyridine rings is 1. The van der Waals surface area contributed by atoms with E-state index in [1.165, 1.54) is 0 Å². The lowest BCUT2D eigenvalue weighted by Crippen LogP contribution is -2.05. The van der Waals surface area contributed by atoms with Crippen molar-refractivity contribution in [3.8, 4) is 28.7 Å². The summed E-state index contributed by atoms with van der Waals surface area (Å²) in [6.07, 6.45) is 2.14. The molecule has 4 aromatic rings. The Morgan fingerprint density at radius 1 is 1.04 bits per heavy atom. The van der Waals surface area contributed by atoms with Gasteiger partial charge in [0.05, 0.1) is 17.9 Å². The fourth-order valence-electron chi connectivity index (χ4n) is 2.75. The van der Waals surface area contributed by atoms with Crippen molar-refractivity contribution in [1.82, 2.24) is 15.0 Å². The first kappa shape index (κ1) is 16.2. The van der Waals surface area contributed by atoms with Crippen LogP contribution in [0.15, 0.2) is 60.1 Å². The number of hydrogen-bond donors (Lipinski definition) is 1. The lowest BCUT2D eigenvalue weighted by atomic mass is 10.1. The van der Waals surface area contributed by atoms with E-state index in [0.29, 0.717) is 18.8 Å². The van der Waals surface area contributed by atoms with E-state index in [0.717, 1.165) is 32.9 Å². The number of nitrogens with one attached hydrogen (secondary N) is 1. The second-order valence-corrected chi connectivity index (χ2v) is 6.50. The Labute approximate surface area is 155 Å². The molecule has 0 atom stereocenters. The Balaban J connectivity index is 1.88. The van der Waals surface area contributed by atoms with Gasteiger partial charge in [0, 0.05) is 23.7 Å². The molecule has 6 heteroatoms. The normalized spacial score (nSPS) is 10.6. The molecule has 3 aromatic heterocycles. The molecule has 0 aliphatic rings. The number of aromatic nitrogens is 3. The Kier molecular flexibility index (Phi) is 4.54. The summed E-state index contributed by atoms with van der Waals surface area (Å²) in [6, 6.07) is 18.0. The summed E-state index contributed by atoms with van der Waals surface area (Å²) in [5, 5.41) is 15.2. The van der Waals surface area contributed by atoms with Gasteiger partial charge in [0.1, 0.15) is 16.3 Å². The molecule has 0 amide bonds. The third-order valence-corrected chi connectivity index (χ3v) is 4.81. The van der Waals surface area contributed by atoms with Crippen molar-refractivity contribution in [2.75, 3.05) is 11.9 Å². The van der Waals surface area contributed by atoms with Crippen molar-refractivity contribution >= 4 is 27.4 Å². The van der Waals surface area contributed by atoms with E-state index in [2.05, 4.69) is 33.9 Å². The summed E-state index contributed by atoms with van der Waals surface area (Å²) in [5.41, 5.74) is 2.95. The van der Waals surface area contributed by atoms with Crippen molar-refractivity contribution < 1.29 is 0 Å². The number of hydrogen-bond acceptors (Lipinski definition) is 6. The van der Waals surface area contributed by atoms with E-state index in [-0.39, 0.29) is 0 Å². The molecule has 0 aliphatic carbocycles. The first-order valence-corrected chi connectivity index (χ1v) is 9.11. The SMILES string of the molecule is N#CCCNc1nc(-c2ccccn2)nc2scc(-c3ccccc3)c12. The fraction of sp³-hybridized carbons (Fsp3) is 0.100. The number of nitriles is 1. The largest absolute Gasteiger partial charge is 0.368 e. The van der Waals surface area contributed by atoms with Crippen LogP contribution in [-0.4, -0.2) is 21.5 Å². The third-order valence-electron chi connectivity index (χ3n) is 3.94. The Bertz CT molecular complexity index is 1070. The quantitative estimate of drug-likeness (QED) is 0.522. The maximum Gasteiger partial charge on any atom is 0.181 e. The highest BCUT2D eigenvalue weighted by molar-refractivity contribution is 7.17. The molecule has 4 rings (SSSR count). The van der Waals surface area contributed by atoms with Crippen LogP contribution in [-0.2, 0) is 0 Å². The van der Waals surface area contributed by atoms with E-state index in [1.807, 2.05) is 36.4 Å². The minimum atomic E-state index is 0.412. The molecule has 0 unspecified atom stereocenters. The van der Waals surface area contributed by atoms with E-state index < -0.39 is 0 Å². The van der Waals surface area contributed by atoms with Gasteiger partial charge in [-0.2, -0.15) is 5.26 Å². The molecule has 3 heterocycles. The summed E-state index contributed by atoms with van der Waals surface area (Å²) in [4.78, 5) is 14.7. The van der Waals surface area contributed by atoms with Crippen LogP contribution >= 0.6 is 11.3 Å². The van der Waals surface area contributed by atoms with Gasteiger partial charge in [-0.1, -0.05) is 36.4 Å². The van der Waals surface area contributed by atoms with Gasteiger partial charge < -0.3 is 5.32 Å². The summed E-state index contributed by atoms with van der Waals surface area (Å²) < 4.78 is 0. The highest BCUT2D eigenvalue weighted by atomic mass is 32.1. The summed E-state index contributed by atoms with van der Waals surface area (Å²) in [6.45, 7) is 0.536. The van der Waals surface area contributed by atoms with Crippen LogP contribution in [0.4, 0.5) is 5.82 Å². The van der Waals surface area contributed by atoms with E-state index in [1.54, 1.807) is 17.5 Å². The second-order valence-electron chi connectivity index (χ2n) is 5.64. The molecule has 1 N–H and O–H groups in total. The van der Waals surface area contributed by atoms with E-state index in [4.69, 9.17) is 15.2 Å². The van der Waals surface area contributed by atoms with Gasteiger partial charge in [-0.05, 0) is 17.7 Å². The monoisotopic (exact) mass is 357 g/mol. The van der Waals surface area contributed by atoms with Crippen LogP contribution in [0, 0.1) is 11.3 Å². The molecule has 0 fully saturated rings. The number of fused-ring (bicyclic) bond motifs is 1. The topological polar surface area (TPSA) is 74.5 Å². The molecule has 0 radical (unpaired) electrons. The Morgan fingerprint density at radius 3 is 2.65 bits per heavy atom. The van der Waals surface area contributed by atoms with Crippen LogP contribution in [0.5, 0.6) is 0 Å². The molecule has 26 heavy (non-hydrogen) atoms. The minimum absolute atomic E-state index is 0.412. The molecule has 0 saturated carbocycles. The van der Waals surface area contributed by atoms with Gasteiger partial charge in [-0.3, -0.25) is 4.98 Å². The standard InChI is InChI=1S/C20H15N5S/c21-10-6-12-23-19-17-15(14-7-2-1-3-8-14)13-26-20(17)25-18(24-19)16-9-4-5-11-22-16/h1-5,7-9,11,13H,6,12H2,(H,23,24,25). The number of thiophene rings is 1. The molecule has 0 bridgehead atoms. The van der Waals surface area contributed by atoms with Crippen molar-refractivity contribution in [3.05, 3.63) is 60.1 Å². The highest BCUT2D eigenvalue weighted by Crippen LogP contribution is 2.37. The number of rotatable bonds is 5. The minimum Gasteiger partial charge on any atom is -0.368 e. The number of benzene rings is 1. The molecule has 1 aromatic carbocycles. The number of nitrogens with zero attached hydrogens (tertiary/aromatic N) is 4. The molecule has 0 spiro atoms. The molecule has 0 saturated heterocycles. The molecular formula is C20H15N5S. The zero-order chi connectivity index (χ0) is 17.8. The third kappa shape index (κ3) is 3.13. The predicted molar refractivity (Wildman–Crippen MR) is 105 cm³/mol. The van der Waals surface area contributed by atoms with Gasteiger partial charge in [-0.15, -0.1) is 11.3 Å². The first-order valence-electron chi connectivity index (χ1n) is 8.23. The van der Waals surface area contributed by atoms with E-state index in [9.17, 15) is 0 Å². The lowest BCUT2D eigenvalue weighted by Gasteiger charge is -2.09. The Morgan fingerprint density at radius 2 is 1.88 bits per heavy atom. The highest BCUT2D eigenvalue weighted by Gasteiger charge is 2.16. The first-order chi connectivity index (χ1) is 12.9. The van der Waals surface area contributed by atoms with Gasteiger partial charge in [-0.25, -0.2) is 9.97 Å². The maximum absolute atomic E-state index is 8.85. The van der Waals surface area contributed by atoms with Crippen LogP contribution in [0.3, 0.4) is 0 Å². The molecule has 5 nitrogen and oxygen atoms in total. The maximum atomic E-state index is 8.85. The summed E-state index contributed by atoms with van der Waals surface area (Å²) >= 11 is 1.59. The Hall–Kier alpha value is -3.30. The average molecular weight is 357 g/mol. The van der Waals surface area contributed by atoms with Crippen molar-refractivity contribution in [2.45, 2.75) is 6.42 Å². The van der Waals surface area contributed by atoms with Gasteiger partial charge >= 0.3 is 0 Å². The average Bonchev–Trinajstić information content (AvgIpc) is 3.14. The molecular weight excluding hydrogens is 342 g/mol. The zero-order valence-electron chi connectivity index (χ0n) is 13.9. The van der Waals surface area contributed by atoms with Crippen LogP contribution < -0.4 is 5.32 Å². The van der Waals surface area contributed by atoms with Crippen LogP contribution in [0.2, 0.25) is 0 Å². The number of anilines is 1.